The monoisotopic (exact) mass is 376 g/mol. The predicted octanol–water partition coefficient (Wildman–Crippen LogP) is 4.50. The molecule has 152 valence electrons. The lowest BCUT2D eigenvalue weighted by atomic mass is 9.42. The van der Waals surface area contributed by atoms with E-state index in [1.807, 2.05) is 13.8 Å². The zero-order chi connectivity index (χ0) is 19.3. The molecular weight excluding hydrogens is 340 g/mol. The number of carbonyl (C=O) groups excluding carboxylic acids is 1. The molecule has 3 saturated carbocycles. The van der Waals surface area contributed by atoms with E-state index in [4.69, 9.17) is 14.2 Å². The number of ketones is 1. The quantitative estimate of drug-likeness (QED) is 0.624. The SMILES string of the molecule is CC1(C)OC[C@@H]2O[C@@]34CC[C@H]5C(C)(C)C(=O)CC[C@]5(C)[C@H]3CC[C@]2(CO1)C4. The Morgan fingerprint density at radius 3 is 2.44 bits per heavy atom. The van der Waals surface area contributed by atoms with E-state index in [1.165, 1.54) is 12.8 Å². The number of fused-ring (bicyclic) bond motifs is 2. The van der Waals surface area contributed by atoms with Crippen molar-refractivity contribution in [2.45, 2.75) is 97.1 Å². The van der Waals surface area contributed by atoms with Crippen LogP contribution in [0, 0.1) is 28.1 Å². The van der Waals surface area contributed by atoms with Gasteiger partial charge in [-0.1, -0.05) is 20.8 Å². The Morgan fingerprint density at radius 2 is 1.67 bits per heavy atom. The van der Waals surface area contributed by atoms with E-state index >= 15 is 0 Å². The highest BCUT2D eigenvalue weighted by atomic mass is 16.7. The minimum atomic E-state index is -0.510. The van der Waals surface area contributed by atoms with Gasteiger partial charge in [-0.25, -0.2) is 0 Å². The molecule has 4 heteroatoms. The maximum Gasteiger partial charge on any atom is 0.162 e. The molecule has 0 amide bonds. The van der Waals surface area contributed by atoms with E-state index in [-0.39, 0.29) is 27.9 Å². The highest BCUT2D eigenvalue weighted by Crippen LogP contribution is 2.70. The lowest BCUT2D eigenvalue weighted by Gasteiger charge is -2.63. The van der Waals surface area contributed by atoms with Crippen LogP contribution in [0.2, 0.25) is 0 Å². The second kappa shape index (κ2) is 5.37. The Labute approximate surface area is 163 Å². The van der Waals surface area contributed by atoms with Crippen LogP contribution in [-0.2, 0) is 19.0 Å². The first-order chi connectivity index (χ1) is 12.5. The minimum Gasteiger partial charge on any atom is -0.368 e. The lowest BCUT2D eigenvalue weighted by molar-refractivity contribution is -0.232. The van der Waals surface area contributed by atoms with E-state index in [0.29, 0.717) is 24.2 Å². The third kappa shape index (κ3) is 2.36. The molecule has 0 unspecified atom stereocenters. The second-order valence-electron chi connectivity index (χ2n) is 11.5. The number of Topliss-reactive ketones (excluding diaryl/α,β-unsaturated/α-hetero) is 1. The van der Waals surface area contributed by atoms with Crippen molar-refractivity contribution in [2.75, 3.05) is 13.2 Å². The van der Waals surface area contributed by atoms with Gasteiger partial charge in [-0.2, -0.15) is 0 Å². The van der Waals surface area contributed by atoms with Crippen LogP contribution in [0.4, 0.5) is 0 Å². The van der Waals surface area contributed by atoms with E-state index in [0.717, 1.165) is 38.7 Å². The van der Waals surface area contributed by atoms with Crippen LogP contribution in [0.5, 0.6) is 0 Å². The summed E-state index contributed by atoms with van der Waals surface area (Å²) in [5, 5.41) is 0. The van der Waals surface area contributed by atoms with Gasteiger partial charge in [0, 0.05) is 17.3 Å². The summed E-state index contributed by atoms with van der Waals surface area (Å²) in [6, 6.07) is 0. The molecule has 2 saturated heterocycles. The Morgan fingerprint density at radius 1 is 0.926 bits per heavy atom. The molecule has 0 N–H and O–H groups in total. The number of ether oxygens (including phenoxy) is 3. The Bertz CT molecular complexity index is 669. The molecule has 4 nitrogen and oxygen atoms in total. The van der Waals surface area contributed by atoms with Crippen molar-refractivity contribution in [1.82, 2.24) is 0 Å². The molecule has 2 heterocycles. The van der Waals surface area contributed by atoms with Gasteiger partial charge in [-0.3, -0.25) is 4.79 Å². The lowest BCUT2D eigenvalue weighted by Crippen LogP contribution is -2.61. The molecule has 6 atom stereocenters. The largest absolute Gasteiger partial charge is 0.368 e. The van der Waals surface area contributed by atoms with Crippen molar-refractivity contribution in [3.8, 4) is 0 Å². The van der Waals surface area contributed by atoms with Gasteiger partial charge in [0.25, 0.3) is 0 Å². The normalized spacial score (nSPS) is 53.1. The first-order valence-corrected chi connectivity index (χ1v) is 11.0. The molecule has 2 bridgehead atoms. The van der Waals surface area contributed by atoms with Crippen molar-refractivity contribution in [2.24, 2.45) is 28.1 Å². The van der Waals surface area contributed by atoms with E-state index < -0.39 is 5.79 Å². The maximum atomic E-state index is 12.7. The molecule has 2 aliphatic heterocycles. The van der Waals surface area contributed by atoms with Crippen molar-refractivity contribution < 1.29 is 19.0 Å². The molecule has 5 rings (SSSR count). The van der Waals surface area contributed by atoms with Crippen LogP contribution < -0.4 is 0 Å². The molecule has 27 heavy (non-hydrogen) atoms. The third-order valence-electron chi connectivity index (χ3n) is 9.50. The molecule has 5 fully saturated rings. The predicted molar refractivity (Wildman–Crippen MR) is 102 cm³/mol. The zero-order valence-corrected chi connectivity index (χ0v) is 17.7. The van der Waals surface area contributed by atoms with Crippen LogP contribution in [-0.4, -0.2) is 36.5 Å². The van der Waals surface area contributed by atoms with Crippen molar-refractivity contribution in [1.29, 1.82) is 0 Å². The van der Waals surface area contributed by atoms with Crippen LogP contribution in [0.25, 0.3) is 0 Å². The number of rotatable bonds is 0. The van der Waals surface area contributed by atoms with Gasteiger partial charge in [0.1, 0.15) is 5.78 Å². The fourth-order valence-corrected chi connectivity index (χ4v) is 8.02. The summed E-state index contributed by atoms with van der Waals surface area (Å²) in [7, 11) is 0. The number of hydrogen-bond donors (Lipinski definition) is 0. The van der Waals surface area contributed by atoms with Crippen LogP contribution in [0.3, 0.4) is 0 Å². The molecule has 0 aromatic rings. The van der Waals surface area contributed by atoms with Crippen LogP contribution in [0.15, 0.2) is 0 Å². The molecule has 0 aromatic heterocycles. The van der Waals surface area contributed by atoms with Gasteiger partial charge >= 0.3 is 0 Å². The average molecular weight is 377 g/mol. The van der Waals surface area contributed by atoms with E-state index in [9.17, 15) is 4.79 Å². The summed E-state index contributed by atoms with van der Waals surface area (Å²) >= 11 is 0. The van der Waals surface area contributed by atoms with Crippen molar-refractivity contribution in [3.63, 3.8) is 0 Å². The smallest absolute Gasteiger partial charge is 0.162 e. The van der Waals surface area contributed by atoms with E-state index in [1.54, 1.807) is 0 Å². The summed E-state index contributed by atoms with van der Waals surface area (Å²) in [4.78, 5) is 12.7. The fourth-order valence-electron chi connectivity index (χ4n) is 8.02. The highest BCUT2D eigenvalue weighted by Gasteiger charge is 2.70. The number of hydrogen-bond acceptors (Lipinski definition) is 4. The van der Waals surface area contributed by atoms with Crippen LogP contribution in [0.1, 0.15) is 79.6 Å². The first kappa shape index (κ1) is 18.6. The van der Waals surface area contributed by atoms with Crippen LogP contribution >= 0.6 is 0 Å². The van der Waals surface area contributed by atoms with Gasteiger partial charge in [0.05, 0.1) is 24.9 Å². The molecule has 0 radical (unpaired) electrons. The Hall–Kier alpha value is -0.450. The summed E-state index contributed by atoms with van der Waals surface area (Å²) in [5.74, 6) is 0.997. The van der Waals surface area contributed by atoms with E-state index in [2.05, 4.69) is 20.8 Å². The molecular formula is C23H36O4. The standard InChI is InChI=1S/C23H36O4/c1-19(2)15-7-11-23-13-22(14-26-20(3,4)25-12-18(22)27-23)10-6-16(23)21(15,5)9-8-17(19)24/h15-16,18H,6-14H2,1-5H3/t15-,16+,18-,21-,22+,23+/m0/s1. The fraction of sp³-hybridized carbons (Fsp3) is 0.957. The Balaban J connectivity index is 1.48. The van der Waals surface area contributed by atoms with Crippen molar-refractivity contribution in [3.05, 3.63) is 0 Å². The zero-order valence-electron chi connectivity index (χ0n) is 17.7. The van der Waals surface area contributed by atoms with Gasteiger partial charge < -0.3 is 14.2 Å². The molecule has 3 aliphatic carbocycles. The minimum absolute atomic E-state index is 0.0289. The molecule has 0 aromatic carbocycles. The van der Waals surface area contributed by atoms with Gasteiger partial charge in [-0.05, 0) is 69.6 Å². The summed E-state index contributed by atoms with van der Waals surface area (Å²) < 4.78 is 19.2. The second-order valence-corrected chi connectivity index (χ2v) is 11.5. The third-order valence-corrected chi connectivity index (χ3v) is 9.50. The summed E-state index contributed by atoms with van der Waals surface area (Å²) in [6.07, 6.45) is 7.62. The van der Waals surface area contributed by atoms with Gasteiger partial charge in [0.2, 0.25) is 0 Å². The molecule has 2 spiro atoms. The highest BCUT2D eigenvalue weighted by molar-refractivity contribution is 5.85. The van der Waals surface area contributed by atoms with Crippen molar-refractivity contribution >= 4 is 5.78 Å². The maximum absolute atomic E-state index is 12.7. The van der Waals surface area contributed by atoms with Gasteiger partial charge in [0.15, 0.2) is 5.79 Å². The average Bonchev–Trinajstić information content (AvgIpc) is 2.75. The number of carbonyl (C=O) groups is 1. The summed E-state index contributed by atoms with van der Waals surface area (Å²) in [6.45, 7) is 12.3. The molecule has 5 aliphatic rings. The van der Waals surface area contributed by atoms with Gasteiger partial charge in [-0.15, -0.1) is 0 Å². The first-order valence-electron chi connectivity index (χ1n) is 11.0. The Kier molecular flexibility index (Phi) is 3.69. The summed E-state index contributed by atoms with van der Waals surface area (Å²) in [5.41, 5.74) is 0.108. The topological polar surface area (TPSA) is 44.8 Å².